The molecule has 0 heterocycles. The quantitative estimate of drug-likeness (QED) is 0.814. The van der Waals surface area contributed by atoms with E-state index in [9.17, 15) is 4.79 Å². The summed E-state index contributed by atoms with van der Waals surface area (Å²) in [5.41, 5.74) is 3.14. The molecule has 88 valence electrons. The van der Waals surface area contributed by atoms with Crippen LogP contribution in [0.25, 0.3) is 5.57 Å². The highest BCUT2D eigenvalue weighted by molar-refractivity contribution is 6.35. The van der Waals surface area contributed by atoms with Crippen LogP contribution in [-0.2, 0) is 4.79 Å². The first kappa shape index (κ1) is 11.9. The number of halogens is 1. The van der Waals surface area contributed by atoms with Gasteiger partial charge >= 0.3 is 5.97 Å². The topological polar surface area (TPSA) is 37.3 Å². The van der Waals surface area contributed by atoms with Gasteiger partial charge in [-0.1, -0.05) is 48.1 Å². The number of carboxylic acids is 1. The predicted molar refractivity (Wildman–Crippen MR) is 69.0 cm³/mol. The molecule has 1 aliphatic carbocycles. The van der Waals surface area contributed by atoms with E-state index in [0.717, 1.165) is 16.7 Å². The van der Waals surface area contributed by atoms with Crippen LogP contribution in [0.1, 0.15) is 18.9 Å². The van der Waals surface area contributed by atoms with Crippen LogP contribution in [0.15, 0.2) is 48.1 Å². The van der Waals surface area contributed by atoms with Gasteiger partial charge in [-0.05, 0) is 18.1 Å². The fourth-order valence-corrected chi connectivity index (χ4v) is 2.27. The number of rotatable bonds is 2. The van der Waals surface area contributed by atoms with Crippen LogP contribution in [0.4, 0.5) is 0 Å². The molecule has 1 N–H and O–H groups in total. The third-order valence-corrected chi connectivity index (χ3v) is 3.36. The normalized spacial score (nSPS) is 23.9. The number of alkyl halides is 1. The minimum absolute atomic E-state index is 0.338. The summed E-state index contributed by atoms with van der Waals surface area (Å²) in [6, 6.07) is 9.89. The van der Waals surface area contributed by atoms with Crippen LogP contribution in [0.3, 0.4) is 0 Å². The Morgan fingerprint density at radius 1 is 1.35 bits per heavy atom. The fourth-order valence-electron chi connectivity index (χ4n) is 2.00. The van der Waals surface area contributed by atoms with Gasteiger partial charge < -0.3 is 5.11 Å². The molecule has 3 heteroatoms. The summed E-state index contributed by atoms with van der Waals surface area (Å²) in [6.45, 7) is 1.92. The SMILES string of the molecule is CC1=C(c2ccccc2)C=CC(Cl)(C(=O)O)C1. The standard InChI is InChI=1S/C14H13ClO2/c1-10-9-14(15,13(16)17)8-7-12(10)11-5-3-2-4-6-11/h2-8H,9H2,1H3,(H,16,17). The van der Waals surface area contributed by atoms with Crippen LogP contribution in [0, 0.1) is 0 Å². The van der Waals surface area contributed by atoms with Crippen molar-refractivity contribution in [2.75, 3.05) is 0 Å². The minimum atomic E-state index is -1.29. The van der Waals surface area contributed by atoms with Crippen molar-refractivity contribution >= 4 is 23.1 Å². The lowest BCUT2D eigenvalue weighted by atomic mass is 9.87. The molecule has 0 bridgehead atoms. The average molecular weight is 249 g/mol. The van der Waals surface area contributed by atoms with Crippen molar-refractivity contribution in [1.82, 2.24) is 0 Å². The molecule has 0 fully saturated rings. The van der Waals surface area contributed by atoms with Gasteiger partial charge in [0.15, 0.2) is 4.87 Å². The van der Waals surface area contributed by atoms with E-state index in [1.807, 2.05) is 37.3 Å². The largest absolute Gasteiger partial charge is 0.480 e. The van der Waals surface area contributed by atoms with Crippen molar-refractivity contribution in [2.24, 2.45) is 0 Å². The number of aliphatic carboxylic acids is 1. The third kappa shape index (κ3) is 2.27. The summed E-state index contributed by atoms with van der Waals surface area (Å²) in [5, 5.41) is 9.07. The van der Waals surface area contributed by atoms with E-state index in [-0.39, 0.29) is 0 Å². The van der Waals surface area contributed by atoms with Gasteiger partial charge in [0.25, 0.3) is 0 Å². The van der Waals surface area contributed by atoms with Crippen molar-refractivity contribution in [1.29, 1.82) is 0 Å². The van der Waals surface area contributed by atoms with Crippen LogP contribution in [0.5, 0.6) is 0 Å². The molecule has 17 heavy (non-hydrogen) atoms. The van der Waals surface area contributed by atoms with Crippen LogP contribution < -0.4 is 0 Å². The summed E-state index contributed by atoms with van der Waals surface area (Å²) in [6.07, 6.45) is 3.70. The first-order valence-electron chi connectivity index (χ1n) is 5.40. The van der Waals surface area contributed by atoms with Gasteiger partial charge in [0.2, 0.25) is 0 Å². The van der Waals surface area contributed by atoms with E-state index in [2.05, 4.69) is 0 Å². The average Bonchev–Trinajstić information content (AvgIpc) is 2.30. The molecular formula is C14H13ClO2. The second-order valence-electron chi connectivity index (χ2n) is 4.24. The first-order valence-corrected chi connectivity index (χ1v) is 5.77. The lowest BCUT2D eigenvalue weighted by Crippen LogP contribution is -2.31. The van der Waals surface area contributed by atoms with Crippen LogP contribution in [-0.4, -0.2) is 16.0 Å². The van der Waals surface area contributed by atoms with Gasteiger partial charge in [0.1, 0.15) is 0 Å². The van der Waals surface area contributed by atoms with Crippen molar-refractivity contribution < 1.29 is 9.90 Å². The second kappa shape index (κ2) is 4.38. The smallest absolute Gasteiger partial charge is 0.329 e. The van der Waals surface area contributed by atoms with Gasteiger partial charge in [-0.3, -0.25) is 0 Å². The zero-order chi connectivity index (χ0) is 12.5. The fraction of sp³-hybridized carbons (Fsp3) is 0.214. The Bertz CT molecular complexity index is 502. The van der Waals surface area contributed by atoms with Crippen LogP contribution >= 0.6 is 11.6 Å². The number of carboxylic acid groups (broad SMARTS) is 1. The molecule has 1 unspecified atom stereocenters. The Morgan fingerprint density at radius 2 is 2.00 bits per heavy atom. The van der Waals surface area contributed by atoms with E-state index in [4.69, 9.17) is 16.7 Å². The van der Waals surface area contributed by atoms with E-state index >= 15 is 0 Å². The molecule has 0 saturated heterocycles. The molecule has 1 atom stereocenters. The van der Waals surface area contributed by atoms with Gasteiger partial charge in [0.05, 0.1) is 0 Å². The monoisotopic (exact) mass is 248 g/mol. The molecule has 1 aromatic carbocycles. The molecule has 0 radical (unpaired) electrons. The number of hydrogen-bond acceptors (Lipinski definition) is 1. The first-order chi connectivity index (χ1) is 8.03. The molecule has 2 rings (SSSR count). The second-order valence-corrected chi connectivity index (χ2v) is 4.91. The van der Waals surface area contributed by atoms with E-state index in [1.165, 1.54) is 0 Å². The summed E-state index contributed by atoms with van der Waals surface area (Å²) < 4.78 is 0. The highest BCUT2D eigenvalue weighted by atomic mass is 35.5. The summed E-state index contributed by atoms with van der Waals surface area (Å²) >= 11 is 6.04. The van der Waals surface area contributed by atoms with Gasteiger partial charge in [-0.2, -0.15) is 0 Å². The number of carbonyl (C=O) groups is 1. The van der Waals surface area contributed by atoms with Gasteiger partial charge in [-0.15, -0.1) is 11.6 Å². The maximum atomic E-state index is 11.1. The Balaban J connectivity index is 2.36. The lowest BCUT2D eigenvalue weighted by Gasteiger charge is -2.24. The molecule has 1 aromatic rings. The highest BCUT2D eigenvalue weighted by Gasteiger charge is 2.36. The summed E-state index contributed by atoms with van der Waals surface area (Å²) in [7, 11) is 0. The molecule has 1 aliphatic rings. The summed E-state index contributed by atoms with van der Waals surface area (Å²) in [5.74, 6) is -0.998. The molecular weight excluding hydrogens is 236 g/mol. The molecule has 0 amide bonds. The number of allylic oxidation sites excluding steroid dienone is 3. The Kier molecular flexibility index (Phi) is 3.07. The molecule has 0 aromatic heterocycles. The zero-order valence-electron chi connectivity index (χ0n) is 9.48. The zero-order valence-corrected chi connectivity index (χ0v) is 10.2. The van der Waals surface area contributed by atoms with Crippen molar-refractivity contribution in [2.45, 2.75) is 18.2 Å². The Morgan fingerprint density at radius 3 is 2.53 bits per heavy atom. The molecule has 0 spiro atoms. The minimum Gasteiger partial charge on any atom is -0.480 e. The third-order valence-electron chi connectivity index (χ3n) is 2.94. The molecule has 0 saturated carbocycles. The van der Waals surface area contributed by atoms with Crippen molar-refractivity contribution in [3.8, 4) is 0 Å². The number of hydrogen-bond donors (Lipinski definition) is 1. The van der Waals surface area contributed by atoms with Gasteiger partial charge in [-0.25, -0.2) is 4.79 Å². The molecule has 0 aliphatic heterocycles. The van der Waals surface area contributed by atoms with Crippen molar-refractivity contribution in [3.05, 3.63) is 53.6 Å². The Labute approximate surface area is 105 Å². The lowest BCUT2D eigenvalue weighted by molar-refractivity contribution is -0.138. The molecule has 2 nitrogen and oxygen atoms in total. The highest BCUT2D eigenvalue weighted by Crippen LogP contribution is 2.36. The maximum absolute atomic E-state index is 11.1. The van der Waals surface area contributed by atoms with E-state index in [0.29, 0.717) is 6.42 Å². The van der Waals surface area contributed by atoms with Crippen LogP contribution in [0.2, 0.25) is 0 Å². The van der Waals surface area contributed by atoms with E-state index < -0.39 is 10.8 Å². The van der Waals surface area contributed by atoms with E-state index in [1.54, 1.807) is 12.2 Å². The number of benzene rings is 1. The Hall–Kier alpha value is -1.54. The summed E-state index contributed by atoms with van der Waals surface area (Å²) in [4.78, 5) is 9.77. The van der Waals surface area contributed by atoms with Gasteiger partial charge in [0, 0.05) is 6.42 Å². The maximum Gasteiger partial charge on any atom is 0.329 e. The predicted octanol–water partition coefficient (Wildman–Crippen LogP) is 3.48. The van der Waals surface area contributed by atoms with Crippen molar-refractivity contribution in [3.63, 3.8) is 0 Å².